The van der Waals surface area contributed by atoms with Gasteiger partial charge < -0.3 is 4.90 Å². The van der Waals surface area contributed by atoms with E-state index in [1.807, 2.05) is 0 Å². The number of carbonyl (C=O) groups is 2. The highest BCUT2D eigenvalue weighted by atomic mass is 16.2. The van der Waals surface area contributed by atoms with E-state index in [2.05, 4.69) is 9.98 Å². The molecule has 0 bridgehead atoms. The predicted molar refractivity (Wildman–Crippen MR) is 72.7 cm³/mol. The maximum Gasteiger partial charge on any atom is 0.332 e. The van der Waals surface area contributed by atoms with Crippen LogP contribution in [0.4, 0.5) is 4.79 Å². The standard InChI is InChI=1S/C12H14N6O4/c1-15-7-5(9(19)17(3)11(15)21)13-6-8(14-7)16(2)12(22)18(4)10(6)20/h5,7H,1-4H3. The van der Waals surface area contributed by atoms with E-state index in [-0.39, 0.29) is 10.8 Å². The van der Waals surface area contributed by atoms with Crippen LogP contribution in [0.15, 0.2) is 19.6 Å². The smallest absolute Gasteiger partial charge is 0.302 e. The molecule has 116 valence electrons. The molecule has 10 nitrogen and oxygen atoms in total. The summed E-state index contributed by atoms with van der Waals surface area (Å²) in [6.45, 7) is 0. The highest BCUT2D eigenvalue weighted by Gasteiger charge is 2.44. The average Bonchev–Trinajstić information content (AvgIpc) is 2.52. The fourth-order valence-electron chi connectivity index (χ4n) is 2.60. The lowest BCUT2D eigenvalue weighted by atomic mass is 10.1. The molecule has 1 fully saturated rings. The van der Waals surface area contributed by atoms with Gasteiger partial charge in [-0.05, 0) is 0 Å². The maximum absolute atomic E-state index is 12.2. The Hall–Kier alpha value is -2.78. The average molecular weight is 306 g/mol. The molecule has 0 aliphatic carbocycles. The van der Waals surface area contributed by atoms with Crippen molar-refractivity contribution in [3.63, 3.8) is 0 Å². The summed E-state index contributed by atoms with van der Waals surface area (Å²) in [6.07, 6.45) is -0.860. The Kier molecular flexibility index (Phi) is 2.81. The first-order valence-electron chi connectivity index (χ1n) is 6.51. The number of carbonyl (C=O) groups excluding carboxylic acids is 2. The molecule has 22 heavy (non-hydrogen) atoms. The maximum atomic E-state index is 12.2. The summed E-state index contributed by atoms with van der Waals surface area (Å²) in [5.41, 5.74) is -1.09. The number of rotatable bonds is 0. The van der Waals surface area contributed by atoms with E-state index in [9.17, 15) is 19.2 Å². The monoisotopic (exact) mass is 306 g/mol. The van der Waals surface area contributed by atoms with Gasteiger partial charge in [0.25, 0.3) is 11.5 Å². The first-order valence-corrected chi connectivity index (χ1v) is 6.51. The highest BCUT2D eigenvalue weighted by Crippen LogP contribution is 2.18. The van der Waals surface area contributed by atoms with Crippen LogP contribution in [0, 0.1) is 0 Å². The molecular weight excluding hydrogens is 292 g/mol. The third-order valence-corrected chi connectivity index (χ3v) is 3.98. The van der Waals surface area contributed by atoms with E-state index in [1.54, 1.807) is 0 Å². The van der Waals surface area contributed by atoms with Crippen LogP contribution < -0.4 is 22.1 Å². The SMILES string of the molecule is CN1C(=O)C2N=c3c(=O)n(C)c(=O)n(C)c3=NC2N(C)C1=O. The van der Waals surface area contributed by atoms with Crippen LogP contribution in [0.3, 0.4) is 0 Å². The van der Waals surface area contributed by atoms with Crippen LogP contribution in [0.1, 0.15) is 0 Å². The molecule has 1 aromatic heterocycles. The van der Waals surface area contributed by atoms with Crippen molar-refractivity contribution in [2.75, 3.05) is 14.1 Å². The number of urea groups is 1. The Labute approximate surface area is 123 Å². The van der Waals surface area contributed by atoms with Crippen molar-refractivity contribution in [3.05, 3.63) is 31.7 Å². The largest absolute Gasteiger partial charge is 0.332 e. The Morgan fingerprint density at radius 2 is 1.55 bits per heavy atom. The number of amides is 3. The van der Waals surface area contributed by atoms with Crippen LogP contribution in [0.2, 0.25) is 0 Å². The second-order valence-corrected chi connectivity index (χ2v) is 5.29. The van der Waals surface area contributed by atoms with Gasteiger partial charge in [0, 0.05) is 28.2 Å². The number of aromatic nitrogens is 2. The summed E-state index contributed by atoms with van der Waals surface area (Å²) in [5.74, 6) is -0.529. The minimum atomic E-state index is -0.981. The van der Waals surface area contributed by atoms with E-state index in [0.717, 1.165) is 9.47 Å². The molecule has 0 saturated carbocycles. The van der Waals surface area contributed by atoms with E-state index < -0.39 is 35.4 Å². The van der Waals surface area contributed by atoms with E-state index in [1.165, 1.54) is 37.7 Å². The van der Waals surface area contributed by atoms with Crippen molar-refractivity contribution in [1.29, 1.82) is 0 Å². The first kappa shape index (κ1) is 14.2. The molecule has 2 aliphatic rings. The molecule has 2 aliphatic heterocycles. The minimum Gasteiger partial charge on any atom is -0.302 e. The number of imide groups is 1. The van der Waals surface area contributed by atoms with Gasteiger partial charge in [-0.1, -0.05) is 0 Å². The van der Waals surface area contributed by atoms with Crippen molar-refractivity contribution in [1.82, 2.24) is 18.9 Å². The summed E-state index contributed by atoms with van der Waals surface area (Å²) in [5, 5.41) is -0.0460. The van der Waals surface area contributed by atoms with Crippen molar-refractivity contribution in [2.24, 2.45) is 24.1 Å². The molecule has 1 aromatic rings. The van der Waals surface area contributed by atoms with Gasteiger partial charge in [-0.3, -0.25) is 28.6 Å². The Bertz CT molecular complexity index is 942. The second-order valence-electron chi connectivity index (χ2n) is 5.29. The number of likely N-dealkylation sites (N-methyl/N-ethyl adjacent to an activating group) is 2. The minimum absolute atomic E-state index is 0.0460. The molecule has 0 radical (unpaired) electrons. The molecule has 2 atom stereocenters. The number of fused-ring (bicyclic) bond motifs is 2. The summed E-state index contributed by atoms with van der Waals surface area (Å²) in [6, 6.07) is -1.49. The van der Waals surface area contributed by atoms with Gasteiger partial charge in [-0.25, -0.2) is 14.6 Å². The van der Waals surface area contributed by atoms with Gasteiger partial charge >= 0.3 is 11.7 Å². The normalized spacial score (nSPS) is 23.6. The topological polar surface area (TPSA) is 109 Å². The van der Waals surface area contributed by atoms with Gasteiger partial charge in [0.2, 0.25) is 0 Å². The predicted octanol–water partition coefficient (Wildman–Crippen LogP) is -3.44. The number of hydrogen-bond acceptors (Lipinski definition) is 6. The first-order chi connectivity index (χ1) is 10.3. The zero-order valence-electron chi connectivity index (χ0n) is 12.5. The molecule has 0 N–H and O–H groups in total. The van der Waals surface area contributed by atoms with E-state index >= 15 is 0 Å². The molecule has 3 heterocycles. The van der Waals surface area contributed by atoms with Crippen molar-refractivity contribution < 1.29 is 9.59 Å². The Balaban J connectivity index is 2.39. The van der Waals surface area contributed by atoms with Crippen LogP contribution in [0.25, 0.3) is 0 Å². The lowest BCUT2D eigenvalue weighted by Gasteiger charge is -2.38. The molecule has 0 spiro atoms. The lowest BCUT2D eigenvalue weighted by Crippen LogP contribution is -2.67. The summed E-state index contributed by atoms with van der Waals surface area (Å²) in [7, 11) is 5.63. The van der Waals surface area contributed by atoms with Crippen molar-refractivity contribution >= 4 is 11.9 Å². The van der Waals surface area contributed by atoms with E-state index in [0.29, 0.717) is 0 Å². The van der Waals surface area contributed by atoms with Crippen LogP contribution in [0.5, 0.6) is 0 Å². The molecule has 0 aromatic carbocycles. The van der Waals surface area contributed by atoms with Gasteiger partial charge in [0.1, 0.15) is 0 Å². The summed E-state index contributed by atoms with van der Waals surface area (Å²) in [4.78, 5) is 59.0. The third-order valence-electron chi connectivity index (χ3n) is 3.98. The molecule has 1 saturated heterocycles. The van der Waals surface area contributed by atoms with Gasteiger partial charge in [0.15, 0.2) is 23.1 Å². The van der Waals surface area contributed by atoms with Gasteiger partial charge in [-0.2, -0.15) is 0 Å². The van der Waals surface area contributed by atoms with Gasteiger partial charge in [-0.15, -0.1) is 0 Å². The molecular formula is C12H14N6O4. The fraction of sp³-hybridized carbons (Fsp3) is 0.500. The van der Waals surface area contributed by atoms with E-state index in [4.69, 9.17) is 0 Å². The van der Waals surface area contributed by atoms with Crippen LogP contribution in [-0.4, -0.2) is 57.2 Å². The molecule has 3 amide bonds. The second kappa shape index (κ2) is 4.36. The molecule has 2 unspecified atom stereocenters. The molecule has 10 heteroatoms. The number of hydrogen-bond donors (Lipinski definition) is 0. The van der Waals surface area contributed by atoms with Crippen molar-refractivity contribution in [3.8, 4) is 0 Å². The van der Waals surface area contributed by atoms with Crippen LogP contribution in [-0.2, 0) is 18.9 Å². The third kappa shape index (κ3) is 1.60. The fourth-order valence-corrected chi connectivity index (χ4v) is 2.60. The number of nitrogens with zero attached hydrogens (tertiary/aromatic N) is 6. The highest BCUT2D eigenvalue weighted by molar-refractivity contribution is 6.00. The molecule has 3 rings (SSSR count). The lowest BCUT2D eigenvalue weighted by molar-refractivity contribution is -0.133. The van der Waals surface area contributed by atoms with Crippen molar-refractivity contribution in [2.45, 2.75) is 12.2 Å². The summed E-state index contributed by atoms with van der Waals surface area (Å²) >= 11 is 0. The van der Waals surface area contributed by atoms with Gasteiger partial charge in [0.05, 0.1) is 0 Å². The Morgan fingerprint density at radius 3 is 2.18 bits per heavy atom. The zero-order valence-corrected chi connectivity index (χ0v) is 12.5. The van der Waals surface area contributed by atoms with Crippen LogP contribution >= 0.6 is 0 Å². The zero-order chi connectivity index (χ0) is 16.3. The Morgan fingerprint density at radius 1 is 0.909 bits per heavy atom. The summed E-state index contributed by atoms with van der Waals surface area (Å²) < 4.78 is 2.08. The quantitative estimate of drug-likeness (QED) is 0.496.